The minimum Gasteiger partial charge on any atom is -0.497 e. The van der Waals surface area contributed by atoms with E-state index in [9.17, 15) is 4.79 Å². The van der Waals surface area contributed by atoms with Gasteiger partial charge in [0.25, 0.3) is 0 Å². The molecule has 0 bridgehead atoms. The summed E-state index contributed by atoms with van der Waals surface area (Å²) in [4.78, 5) is 14.6. The molecule has 1 aromatic rings. The molecule has 0 radical (unpaired) electrons. The van der Waals surface area contributed by atoms with Gasteiger partial charge < -0.3 is 19.5 Å². The molecule has 1 aromatic carbocycles. The Kier molecular flexibility index (Phi) is 5.35. The molecular formula is C17H24N2O4. The molecule has 6 nitrogen and oxygen atoms in total. The molecule has 1 N–H and O–H groups in total. The van der Waals surface area contributed by atoms with Gasteiger partial charge in [0.2, 0.25) is 5.91 Å². The largest absolute Gasteiger partial charge is 0.497 e. The van der Waals surface area contributed by atoms with E-state index in [1.54, 1.807) is 7.11 Å². The van der Waals surface area contributed by atoms with Gasteiger partial charge in [0.05, 0.1) is 26.2 Å². The molecular weight excluding hydrogens is 296 g/mol. The molecule has 1 fully saturated rings. The lowest BCUT2D eigenvalue weighted by Gasteiger charge is -2.28. The standard InChI is InChI=1S/C17H24N2O4/c1-21-15-2-3-16-13(11-15)10-14(12-23-16)17(20)18-4-5-19-6-8-22-9-7-19/h2-3,11,14H,4-10,12H2,1H3,(H,18,20). The molecule has 0 aromatic heterocycles. The molecule has 126 valence electrons. The molecule has 6 heteroatoms. The van der Waals surface area contributed by atoms with Crippen molar-refractivity contribution in [2.24, 2.45) is 5.92 Å². The minimum atomic E-state index is -0.140. The number of methoxy groups -OCH3 is 1. The van der Waals surface area contributed by atoms with Crippen LogP contribution in [0.4, 0.5) is 0 Å². The molecule has 3 rings (SSSR count). The molecule has 1 amide bonds. The highest BCUT2D eigenvalue weighted by Gasteiger charge is 2.26. The summed E-state index contributed by atoms with van der Waals surface area (Å²) in [6.07, 6.45) is 0.690. The van der Waals surface area contributed by atoms with Crippen LogP contribution < -0.4 is 14.8 Å². The number of nitrogens with one attached hydrogen (secondary N) is 1. The molecule has 1 unspecified atom stereocenters. The first-order chi connectivity index (χ1) is 11.3. The SMILES string of the molecule is COc1ccc2c(c1)CC(C(=O)NCCN1CCOCC1)CO2. The molecule has 0 spiro atoms. The van der Waals surface area contributed by atoms with E-state index in [0.717, 1.165) is 49.9 Å². The van der Waals surface area contributed by atoms with Gasteiger partial charge >= 0.3 is 0 Å². The summed E-state index contributed by atoms with van der Waals surface area (Å²) in [6.45, 7) is 5.41. The zero-order valence-corrected chi connectivity index (χ0v) is 13.5. The van der Waals surface area contributed by atoms with Crippen LogP contribution in [0.5, 0.6) is 11.5 Å². The van der Waals surface area contributed by atoms with Crippen LogP contribution >= 0.6 is 0 Å². The van der Waals surface area contributed by atoms with Crippen molar-refractivity contribution < 1.29 is 19.0 Å². The van der Waals surface area contributed by atoms with Gasteiger partial charge in [-0.25, -0.2) is 0 Å². The first kappa shape index (κ1) is 16.1. The Labute approximate surface area is 136 Å². The molecule has 0 saturated carbocycles. The number of ether oxygens (including phenoxy) is 3. The van der Waals surface area contributed by atoms with E-state index in [1.165, 1.54) is 0 Å². The van der Waals surface area contributed by atoms with Crippen LogP contribution in [-0.2, 0) is 16.0 Å². The Morgan fingerprint density at radius 3 is 3.00 bits per heavy atom. The van der Waals surface area contributed by atoms with Crippen molar-refractivity contribution in [3.05, 3.63) is 23.8 Å². The Morgan fingerprint density at radius 1 is 1.39 bits per heavy atom. The summed E-state index contributed by atoms with van der Waals surface area (Å²) in [5, 5.41) is 3.03. The van der Waals surface area contributed by atoms with Crippen LogP contribution in [0.2, 0.25) is 0 Å². The number of carbonyl (C=O) groups is 1. The number of rotatable bonds is 5. The summed E-state index contributed by atoms with van der Waals surface area (Å²) in [5.41, 5.74) is 1.03. The fourth-order valence-electron chi connectivity index (χ4n) is 2.97. The molecule has 2 aliphatic heterocycles. The number of hydrogen-bond donors (Lipinski definition) is 1. The third kappa shape index (κ3) is 4.14. The Hall–Kier alpha value is -1.79. The lowest BCUT2D eigenvalue weighted by molar-refractivity contribution is -0.126. The molecule has 1 saturated heterocycles. The molecule has 0 aliphatic carbocycles. The number of fused-ring (bicyclic) bond motifs is 1. The number of carbonyl (C=O) groups excluding carboxylic acids is 1. The van der Waals surface area contributed by atoms with Crippen molar-refractivity contribution >= 4 is 5.91 Å². The summed E-state index contributed by atoms with van der Waals surface area (Å²) >= 11 is 0. The van der Waals surface area contributed by atoms with Gasteiger partial charge in [-0.15, -0.1) is 0 Å². The number of nitrogens with zero attached hydrogens (tertiary/aromatic N) is 1. The van der Waals surface area contributed by atoms with Crippen LogP contribution in [0, 0.1) is 5.92 Å². The van der Waals surface area contributed by atoms with Gasteiger partial charge in [0.15, 0.2) is 0 Å². The zero-order chi connectivity index (χ0) is 16.1. The van der Waals surface area contributed by atoms with Crippen LogP contribution in [0.3, 0.4) is 0 Å². The van der Waals surface area contributed by atoms with Gasteiger partial charge in [-0.2, -0.15) is 0 Å². The Balaban J connectivity index is 1.48. The van der Waals surface area contributed by atoms with Crippen molar-refractivity contribution in [2.75, 3.05) is 53.1 Å². The van der Waals surface area contributed by atoms with Crippen molar-refractivity contribution in [3.8, 4) is 11.5 Å². The number of hydrogen-bond acceptors (Lipinski definition) is 5. The van der Waals surface area contributed by atoms with E-state index in [1.807, 2.05) is 18.2 Å². The number of amides is 1. The molecule has 2 heterocycles. The van der Waals surface area contributed by atoms with E-state index >= 15 is 0 Å². The highest BCUT2D eigenvalue weighted by molar-refractivity contribution is 5.79. The van der Waals surface area contributed by atoms with E-state index < -0.39 is 0 Å². The minimum absolute atomic E-state index is 0.0618. The van der Waals surface area contributed by atoms with Crippen LogP contribution in [0.15, 0.2) is 18.2 Å². The molecule has 1 atom stereocenters. The number of morpholine rings is 1. The lowest BCUT2D eigenvalue weighted by atomic mass is 9.96. The van der Waals surface area contributed by atoms with Crippen LogP contribution in [-0.4, -0.2) is 63.9 Å². The van der Waals surface area contributed by atoms with Gasteiger partial charge in [0, 0.05) is 26.2 Å². The van der Waals surface area contributed by atoms with E-state index in [2.05, 4.69) is 10.2 Å². The average Bonchev–Trinajstić information content (AvgIpc) is 2.61. The van der Waals surface area contributed by atoms with Gasteiger partial charge in [-0.3, -0.25) is 9.69 Å². The quantitative estimate of drug-likeness (QED) is 0.865. The fourth-order valence-corrected chi connectivity index (χ4v) is 2.97. The highest BCUT2D eigenvalue weighted by atomic mass is 16.5. The van der Waals surface area contributed by atoms with Gasteiger partial charge in [-0.05, 0) is 30.2 Å². The Bertz CT molecular complexity index is 543. The maximum Gasteiger partial charge on any atom is 0.226 e. The molecule has 23 heavy (non-hydrogen) atoms. The smallest absolute Gasteiger partial charge is 0.226 e. The van der Waals surface area contributed by atoms with E-state index in [4.69, 9.17) is 14.2 Å². The second-order valence-electron chi connectivity index (χ2n) is 5.93. The normalized spacial score (nSPS) is 21.2. The summed E-state index contributed by atoms with van der Waals surface area (Å²) in [7, 11) is 1.64. The van der Waals surface area contributed by atoms with Crippen molar-refractivity contribution in [2.45, 2.75) is 6.42 Å². The van der Waals surface area contributed by atoms with Crippen molar-refractivity contribution in [3.63, 3.8) is 0 Å². The van der Waals surface area contributed by atoms with E-state index in [-0.39, 0.29) is 11.8 Å². The predicted molar refractivity (Wildman–Crippen MR) is 86.0 cm³/mol. The molecule has 2 aliphatic rings. The topological polar surface area (TPSA) is 60.0 Å². The number of benzene rings is 1. The van der Waals surface area contributed by atoms with Gasteiger partial charge in [0.1, 0.15) is 18.1 Å². The van der Waals surface area contributed by atoms with Gasteiger partial charge in [-0.1, -0.05) is 0 Å². The third-order valence-electron chi connectivity index (χ3n) is 4.38. The highest BCUT2D eigenvalue weighted by Crippen LogP contribution is 2.30. The maximum atomic E-state index is 12.3. The van der Waals surface area contributed by atoms with Crippen LogP contribution in [0.1, 0.15) is 5.56 Å². The predicted octanol–water partition coefficient (Wildman–Crippen LogP) is 0.695. The van der Waals surface area contributed by atoms with Crippen molar-refractivity contribution in [1.29, 1.82) is 0 Å². The first-order valence-corrected chi connectivity index (χ1v) is 8.14. The Morgan fingerprint density at radius 2 is 2.22 bits per heavy atom. The summed E-state index contributed by atoms with van der Waals surface area (Å²) < 4.78 is 16.3. The summed E-state index contributed by atoms with van der Waals surface area (Å²) in [6, 6.07) is 5.73. The zero-order valence-electron chi connectivity index (χ0n) is 13.5. The monoisotopic (exact) mass is 320 g/mol. The lowest BCUT2D eigenvalue weighted by Crippen LogP contribution is -2.43. The third-order valence-corrected chi connectivity index (χ3v) is 4.38. The summed E-state index contributed by atoms with van der Waals surface area (Å²) in [5.74, 6) is 1.56. The fraction of sp³-hybridized carbons (Fsp3) is 0.588. The second kappa shape index (κ2) is 7.66. The maximum absolute atomic E-state index is 12.3. The second-order valence-corrected chi connectivity index (χ2v) is 5.93. The van der Waals surface area contributed by atoms with E-state index in [0.29, 0.717) is 19.6 Å². The van der Waals surface area contributed by atoms with Crippen LogP contribution in [0.25, 0.3) is 0 Å². The average molecular weight is 320 g/mol. The first-order valence-electron chi connectivity index (χ1n) is 8.14. The van der Waals surface area contributed by atoms with Crippen molar-refractivity contribution in [1.82, 2.24) is 10.2 Å².